The second kappa shape index (κ2) is 3.98. The van der Waals surface area contributed by atoms with E-state index in [9.17, 15) is 5.11 Å². The molecule has 1 aromatic rings. The van der Waals surface area contributed by atoms with Gasteiger partial charge in [0.25, 0.3) is 0 Å². The van der Waals surface area contributed by atoms with Crippen molar-refractivity contribution in [2.75, 3.05) is 7.11 Å². The zero-order chi connectivity index (χ0) is 10.0. The number of hydrogen-bond donors (Lipinski definition) is 2. The molecular formula is C9H12BrNO2. The van der Waals surface area contributed by atoms with E-state index < -0.39 is 0 Å². The zero-order valence-corrected chi connectivity index (χ0v) is 9.13. The van der Waals surface area contributed by atoms with Crippen LogP contribution in [0.4, 0.5) is 0 Å². The van der Waals surface area contributed by atoms with Gasteiger partial charge in [0.1, 0.15) is 0 Å². The number of halogens is 1. The van der Waals surface area contributed by atoms with Gasteiger partial charge in [-0.25, -0.2) is 0 Å². The maximum Gasteiger partial charge on any atom is 0.172 e. The first-order chi connectivity index (χ1) is 6.07. The molecule has 3 nitrogen and oxygen atoms in total. The molecule has 1 unspecified atom stereocenters. The van der Waals surface area contributed by atoms with Crippen molar-refractivity contribution in [3.8, 4) is 11.5 Å². The molecule has 0 amide bonds. The topological polar surface area (TPSA) is 55.5 Å². The summed E-state index contributed by atoms with van der Waals surface area (Å²) in [6.07, 6.45) is 0. The van der Waals surface area contributed by atoms with Gasteiger partial charge in [-0.3, -0.25) is 0 Å². The Morgan fingerprint density at radius 2 is 2.15 bits per heavy atom. The van der Waals surface area contributed by atoms with Crippen LogP contribution in [0.2, 0.25) is 0 Å². The maximum absolute atomic E-state index is 9.60. The molecule has 0 bridgehead atoms. The molecule has 0 spiro atoms. The van der Waals surface area contributed by atoms with E-state index in [-0.39, 0.29) is 11.8 Å². The van der Waals surface area contributed by atoms with E-state index in [1.54, 1.807) is 6.07 Å². The molecule has 13 heavy (non-hydrogen) atoms. The monoisotopic (exact) mass is 245 g/mol. The van der Waals surface area contributed by atoms with E-state index in [2.05, 4.69) is 15.9 Å². The van der Waals surface area contributed by atoms with Gasteiger partial charge in [0.2, 0.25) is 0 Å². The number of rotatable bonds is 2. The van der Waals surface area contributed by atoms with E-state index in [4.69, 9.17) is 10.5 Å². The molecule has 0 saturated carbocycles. The molecule has 0 radical (unpaired) electrons. The quantitative estimate of drug-likeness (QED) is 0.840. The zero-order valence-electron chi connectivity index (χ0n) is 7.54. The Morgan fingerprint density at radius 1 is 1.54 bits per heavy atom. The van der Waals surface area contributed by atoms with Gasteiger partial charge in [-0.05, 0) is 34.5 Å². The highest BCUT2D eigenvalue weighted by atomic mass is 79.9. The third-order valence-electron chi connectivity index (χ3n) is 1.82. The average molecular weight is 246 g/mol. The van der Waals surface area contributed by atoms with E-state index in [0.29, 0.717) is 10.2 Å². The number of aromatic hydroxyl groups is 1. The highest BCUT2D eigenvalue weighted by molar-refractivity contribution is 9.10. The Kier molecular flexibility index (Phi) is 3.17. The van der Waals surface area contributed by atoms with Crippen molar-refractivity contribution in [2.45, 2.75) is 13.0 Å². The van der Waals surface area contributed by atoms with Crippen molar-refractivity contribution in [1.82, 2.24) is 0 Å². The van der Waals surface area contributed by atoms with Crippen molar-refractivity contribution in [2.24, 2.45) is 5.73 Å². The van der Waals surface area contributed by atoms with E-state index in [1.165, 1.54) is 7.11 Å². The van der Waals surface area contributed by atoms with Crippen molar-refractivity contribution in [3.63, 3.8) is 0 Å². The second-order valence-electron chi connectivity index (χ2n) is 2.81. The minimum atomic E-state index is -0.119. The normalized spacial score (nSPS) is 12.6. The summed E-state index contributed by atoms with van der Waals surface area (Å²) in [5.74, 6) is 0.536. The molecular weight excluding hydrogens is 234 g/mol. The molecule has 0 aromatic heterocycles. The van der Waals surface area contributed by atoms with Gasteiger partial charge < -0.3 is 15.6 Å². The number of methoxy groups -OCH3 is 1. The molecule has 0 aliphatic heterocycles. The summed E-state index contributed by atoms with van der Waals surface area (Å²) in [6.45, 7) is 1.85. The highest BCUT2D eigenvalue weighted by Gasteiger charge is 2.12. The minimum absolute atomic E-state index is 0.0947. The lowest BCUT2D eigenvalue weighted by atomic mass is 10.1. The first-order valence-electron chi connectivity index (χ1n) is 3.89. The SMILES string of the molecule is COc1ccc(C(C)N)c(Br)c1O. The van der Waals surface area contributed by atoms with Crippen LogP contribution in [0.15, 0.2) is 16.6 Å². The first-order valence-corrected chi connectivity index (χ1v) is 4.68. The van der Waals surface area contributed by atoms with Crippen LogP contribution in [0.3, 0.4) is 0 Å². The Labute approximate surface area is 85.6 Å². The fourth-order valence-electron chi connectivity index (χ4n) is 1.08. The van der Waals surface area contributed by atoms with Crippen LogP contribution >= 0.6 is 15.9 Å². The van der Waals surface area contributed by atoms with Gasteiger partial charge in [-0.2, -0.15) is 0 Å². The summed E-state index contributed by atoms with van der Waals surface area (Å²) in [7, 11) is 1.51. The molecule has 0 heterocycles. The van der Waals surface area contributed by atoms with Gasteiger partial charge in [-0.1, -0.05) is 6.07 Å². The Bertz CT molecular complexity index is 313. The smallest absolute Gasteiger partial charge is 0.172 e. The molecule has 0 aliphatic carbocycles. The largest absolute Gasteiger partial charge is 0.503 e. The van der Waals surface area contributed by atoms with Gasteiger partial charge in [0, 0.05) is 6.04 Å². The molecule has 1 aromatic carbocycles. The number of nitrogens with two attached hydrogens (primary N) is 1. The summed E-state index contributed by atoms with van der Waals surface area (Å²) in [6, 6.07) is 3.40. The molecule has 1 rings (SSSR count). The van der Waals surface area contributed by atoms with Crippen LogP contribution < -0.4 is 10.5 Å². The summed E-state index contributed by atoms with van der Waals surface area (Å²) >= 11 is 3.26. The summed E-state index contributed by atoms with van der Waals surface area (Å²) < 4.78 is 5.54. The predicted octanol–water partition coefficient (Wildman–Crippen LogP) is 2.18. The summed E-state index contributed by atoms with van der Waals surface area (Å²) in [5, 5.41) is 9.60. The van der Waals surface area contributed by atoms with Crippen LogP contribution in [0.1, 0.15) is 18.5 Å². The van der Waals surface area contributed by atoms with Crippen LogP contribution in [0, 0.1) is 0 Å². The second-order valence-corrected chi connectivity index (χ2v) is 3.60. The molecule has 3 N–H and O–H groups in total. The van der Waals surface area contributed by atoms with Gasteiger partial charge in [-0.15, -0.1) is 0 Å². The number of hydrogen-bond acceptors (Lipinski definition) is 3. The van der Waals surface area contributed by atoms with E-state index in [1.807, 2.05) is 13.0 Å². The fourth-order valence-corrected chi connectivity index (χ4v) is 1.77. The van der Waals surface area contributed by atoms with Crippen molar-refractivity contribution in [1.29, 1.82) is 0 Å². The lowest BCUT2D eigenvalue weighted by Gasteiger charge is -2.12. The fraction of sp³-hybridized carbons (Fsp3) is 0.333. The highest BCUT2D eigenvalue weighted by Crippen LogP contribution is 2.38. The van der Waals surface area contributed by atoms with E-state index in [0.717, 1.165) is 5.56 Å². The summed E-state index contributed by atoms with van der Waals surface area (Å²) in [5.41, 5.74) is 6.55. The molecule has 0 saturated heterocycles. The predicted molar refractivity (Wildman–Crippen MR) is 55.0 cm³/mol. The van der Waals surface area contributed by atoms with Crippen LogP contribution in [-0.4, -0.2) is 12.2 Å². The van der Waals surface area contributed by atoms with Crippen LogP contribution in [-0.2, 0) is 0 Å². The van der Waals surface area contributed by atoms with Gasteiger partial charge >= 0.3 is 0 Å². The van der Waals surface area contributed by atoms with Crippen molar-refractivity contribution in [3.05, 3.63) is 22.2 Å². The lowest BCUT2D eigenvalue weighted by molar-refractivity contribution is 0.371. The third kappa shape index (κ3) is 1.95. The molecule has 0 fully saturated rings. The van der Waals surface area contributed by atoms with Crippen LogP contribution in [0.25, 0.3) is 0 Å². The summed E-state index contributed by atoms with van der Waals surface area (Å²) in [4.78, 5) is 0. The number of ether oxygens (including phenoxy) is 1. The minimum Gasteiger partial charge on any atom is -0.503 e. The Balaban J connectivity index is 3.23. The number of phenolic OH excluding ortho intramolecular Hbond substituents is 1. The number of phenols is 1. The van der Waals surface area contributed by atoms with Crippen molar-refractivity contribution < 1.29 is 9.84 Å². The van der Waals surface area contributed by atoms with Crippen LogP contribution in [0.5, 0.6) is 11.5 Å². The molecule has 1 atom stereocenters. The molecule has 4 heteroatoms. The molecule has 72 valence electrons. The Morgan fingerprint density at radius 3 is 2.62 bits per heavy atom. The standard InChI is InChI=1S/C9H12BrNO2/c1-5(11)6-3-4-7(13-2)9(12)8(6)10/h3-5,12H,11H2,1-2H3. The lowest BCUT2D eigenvalue weighted by Crippen LogP contribution is -2.05. The Hall–Kier alpha value is -0.740. The van der Waals surface area contributed by atoms with Crippen molar-refractivity contribution >= 4 is 15.9 Å². The molecule has 0 aliphatic rings. The number of benzene rings is 1. The van der Waals surface area contributed by atoms with E-state index >= 15 is 0 Å². The average Bonchev–Trinajstić information content (AvgIpc) is 2.09. The van der Waals surface area contributed by atoms with Gasteiger partial charge in [0.05, 0.1) is 11.6 Å². The maximum atomic E-state index is 9.60. The third-order valence-corrected chi connectivity index (χ3v) is 2.65. The first kappa shape index (κ1) is 10.3. The van der Waals surface area contributed by atoms with Gasteiger partial charge in [0.15, 0.2) is 11.5 Å².